The summed E-state index contributed by atoms with van der Waals surface area (Å²) in [6.07, 6.45) is 5.09. The Labute approximate surface area is 128 Å². The molecule has 1 fully saturated rings. The quantitative estimate of drug-likeness (QED) is 0.687. The van der Waals surface area contributed by atoms with Crippen LogP contribution >= 0.6 is 0 Å². The van der Waals surface area contributed by atoms with E-state index in [-0.39, 0.29) is 0 Å². The highest BCUT2D eigenvalue weighted by Crippen LogP contribution is 2.18. The number of likely N-dealkylation sites (tertiary alicyclic amines) is 1. The summed E-state index contributed by atoms with van der Waals surface area (Å²) in [5.74, 6) is 0.702. The van der Waals surface area contributed by atoms with Crippen molar-refractivity contribution < 1.29 is 0 Å². The van der Waals surface area contributed by atoms with Crippen molar-refractivity contribution in [2.75, 3.05) is 32.1 Å². The SMILES string of the molecule is Cc1cc(N(C)C)ccc1CN=C(N)N1CCCCCC1. The van der Waals surface area contributed by atoms with Crippen LogP contribution in [0.1, 0.15) is 36.8 Å². The van der Waals surface area contributed by atoms with E-state index in [0.717, 1.165) is 13.1 Å². The number of hydrogen-bond acceptors (Lipinski definition) is 2. The first kappa shape index (κ1) is 15.7. The molecule has 1 heterocycles. The Bertz CT molecular complexity index is 486. The summed E-state index contributed by atoms with van der Waals surface area (Å²) >= 11 is 0. The number of aryl methyl sites for hydroxylation is 1. The lowest BCUT2D eigenvalue weighted by Crippen LogP contribution is -2.38. The minimum atomic E-state index is 0.669. The van der Waals surface area contributed by atoms with Gasteiger partial charge in [0.25, 0.3) is 0 Å². The number of anilines is 1. The summed E-state index contributed by atoms with van der Waals surface area (Å²) in [7, 11) is 4.12. The molecule has 2 N–H and O–H groups in total. The average Bonchev–Trinajstić information content (AvgIpc) is 2.74. The van der Waals surface area contributed by atoms with E-state index in [0.29, 0.717) is 12.5 Å². The van der Waals surface area contributed by atoms with Crippen molar-refractivity contribution in [1.82, 2.24) is 4.90 Å². The zero-order chi connectivity index (χ0) is 15.2. The Balaban J connectivity index is 2.02. The lowest BCUT2D eigenvalue weighted by atomic mass is 10.1. The second-order valence-corrected chi connectivity index (χ2v) is 6.08. The molecule has 0 aliphatic carbocycles. The summed E-state index contributed by atoms with van der Waals surface area (Å²) < 4.78 is 0. The molecule has 4 nitrogen and oxygen atoms in total. The molecular weight excluding hydrogens is 260 g/mol. The molecule has 0 saturated carbocycles. The first-order valence-electron chi connectivity index (χ1n) is 7.89. The van der Waals surface area contributed by atoms with E-state index in [1.54, 1.807) is 0 Å². The van der Waals surface area contributed by atoms with Crippen LogP contribution < -0.4 is 10.6 Å². The van der Waals surface area contributed by atoms with Gasteiger partial charge >= 0.3 is 0 Å². The summed E-state index contributed by atoms with van der Waals surface area (Å²) in [6, 6.07) is 6.50. The highest BCUT2D eigenvalue weighted by Gasteiger charge is 2.11. The normalized spacial score (nSPS) is 16.7. The largest absolute Gasteiger partial charge is 0.378 e. The first-order valence-corrected chi connectivity index (χ1v) is 7.89. The van der Waals surface area contributed by atoms with Gasteiger partial charge in [-0.2, -0.15) is 0 Å². The van der Waals surface area contributed by atoms with Crippen molar-refractivity contribution in [3.63, 3.8) is 0 Å². The van der Waals surface area contributed by atoms with Gasteiger partial charge in [-0.3, -0.25) is 0 Å². The predicted molar refractivity (Wildman–Crippen MR) is 90.9 cm³/mol. The lowest BCUT2D eigenvalue weighted by Gasteiger charge is -2.21. The van der Waals surface area contributed by atoms with Crippen LogP contribution in [0, 0.1) is 6.92 Å². The van der Waals surface area contributed by atoms with E-state index in [1.165, 1.54) is 42.5 Å². The van der Waals surface area contributed by atoms with E-state index >= 15 is 0 Å². The van der Waals surface area contributed by atoms with Gasteiger partial charge in [0, 0.05) is 32.9 Å². The highest BCUT2D eigenvalue weighted by molar-refractivity contribution is 5.78. The minimum Gasteiger partial charge on any atom is -0.378 e. The molecule has 1 aliphatic rings. The Morgan fingerprint density at radius 2 is 1.86 bits per heavy atom. The zero-order valence-electron chi connectivity index (χ0n) is 13.6. The summed E-state index contributed by atoms with van der Waals surface area (Å²) in [4.78, 5) is 8.95. The van der Waals surface area contributed by atoms with Crippen LogP contribution in [0.25, 0.3) is 0 Å². The fourth-order valence-electron chi connectivity index (χ4n) is 2.70. The zero-order valence-corrected chi connectivity index (χ0v) is 13.6. The number of nitrogens with zero attached hydrogens (tertiary/aromatic N) is 3. The third-order valence-corrected chi connectivity index (χ3v) is 4.18. The summed E-state index contributed by atoms with van der Waals surface area (Å²) in [5, 5.41) is 0. The van der Waals surface area contributed by atoms with Gasteiger partial charge in [-0.25, -0.2) is 4.99 Å². The maximum Gasteiger partial charge on any atom is 0.191 e. The van der Waals surface area contributed by atoms with Crippen molar-refractivity contribution in [2.45, 2.75) is 39.2 Å². The Kier molecular flexibility index (Phi) is 5.48. The maximum absolute atomic E-state index is 6.16. The topological polar surface area (TPSA) is 44.9 Å². The smallest absolute Gasteiger partial charge is 0.191 e. The second kappa shape index (κ2) is 7.34. The fraction of sp³-hybridized carbons (Fsp3) is 0.588. The molecule has 1 aliphatic heterocycles. The molecule has 0 atom stereocenters. The van der Waals surface area contributed by atoms with Crippen LogP contribution in [0.4, 0.5) is 5.69 Å². The summed E-state index contributed by atoms with van der Waals surface area (Å²) in [6.45, 7) is 4.91. The van der Waals surface area contributed by atoms with Crippen molar-refractivity contribution in [1.29, 1.82) is 0 Å². The van der Waals surface area contributed by atoms with Gasteiger partial charge < -0.3 is 15.5 Å². The fourth-order valence-corrected chi connectivity index (χ4v) is 2.70. The van der Waals surface area contributed by atoms with Crippen molar-refractivity contribution in [3.05, 3.63) is 29.3 Å². The van der Waals surface area contributed by atoms with E-state index in [9.17, 15) is 0 Å². The number of hydrogen-bond donors (Lipinski definition) is 1. The highest BCUT2D eigenvalue weighted by atomic mass is 15.2. The van der Waals surface area contributed by atoms with E-state index in [1.807, 2.05) is 0 Å². The van der Waals surface area contributed by atoms with Crippen molar-refractivity contribution >= 4 is 11.6 Å². The van der Waals surface area contributed by atoms with Gasteiger partial charge in [0.2, 0.25) is 0 Å². The average molecular weight is 288 g/mol. The molecule has 2 rings (SSSR count). The Morgan fingerprint density at radius 1 is 1.19 bits per heavy atom. The van der Waals surface area contributed by atoms with Gasteiger partial charge in [-0.1, -0.05) is 18.9 Å². The van der Waals surface area contributed by atoms with E-state index in [4.69, 9.17) is 5.73 Å². The van der Waals surface area contributed by atoms with Crippen LogP contribution in [0.15, 0.2) is 23.2 Å². The summed E-state index contributed by atoms with van der Waals surface area (Å²) in [5.41, 5.74) is 9.90. The number of rotatable bonds is 3. The minimum absolute atomic E-state index is 0.669. The van der Waals surface area contributed by atoms with Gasteiger partial charge in [-0.05, 0) is 43.0 Å². The molecule has 4 heteroatoms. The van der Waals surface area contributed by atoms with Crippen LogP contribution in [0.5, 0.6) is 0 Å². The molecule has 0 amide bonds. The van der Waals surface area contributed by atoms with Crippen LogP contribution in [0.3, 0.4) is 0 Å². The standard InChI is InChI=1S/C17H28N4/c1-14-12-16(20(2)3)9-8-15(14)13-19-17(18)21-10-6-4-5-7-11-21/h8-9,12H,4-7,10-11,13H2,1-3H3,(H2,18,19). The molecule has 1 aromatic carbocycles. The number of aliphatic imine (C=N–C) groups is 1. The van der Waals surface area contributed by atoms with Gasteiger partial charge in [-0.15, -0.1) is 0 Å². The van der Waals surface area contributed by atoms with Gasteiger partial charge in [0.1, 0.15) is 0 Å². The molecule has 0 aromatic heterocycles. The maximum atomic E-state index is 6.16. The molecule has 1 saturated heterocycles. The van der Waals surface area contributed by atoms with Crippen LogP contribution in [-0.2, 0) is 6.54 Å². The third kappa shape index (κ3) is 4.38. The van der Waals surface area contributed by atoms with E-state index < -0.39 is 0 Å². The van der Waals surface area contributed by atoms with Gasteiger partial charge in [0.15, 0.2) is 5.96 Å². The molecule has 116 valence electrons. The Morgan fingerprint density at radius 3 is 2.43 bits per heavy atom. The van der Waals surface area contributed by atoms with Crippen molar-refractivity contribution in [3.8, 4) is 0 Å². The number of guanidine groups is 1. The molecule has 21 heavy (non-hydrogen) atoms. The molecular formula is C17H28N4. The third-order valence-electron chi connectivity index (χ3n) is 4.18. The Hall–Kier alpha value is -1.71. The first-order chi connectivity index (χ1) is 10.1. The molecule has 0 bridgehead atoms. The molecule has 0 unspecified atom stereocenters. The van der Waals surface area contributed by atoms with Crippen LogP contribution in [-0.4, -0.2) is 38.0 Å². The molecule has 0 radical (unpaired) electrons. The lowest BCUT2D eigenvalue weighted by molar-refractivity contribution is 0.428. The van der Waals surface area contributed by atoms with Crippen LogP contribution in [0.2, 0.25) is 0 Å². The van der Waals surface area contributed by atoms with Crippen molar-refractivity contribution in [2.24, 2.45) is 10.7 Å². The second-order valence-electron chi connectivity index (χ2n) is 6.08. The monoisotopic (exact) mass is 288 g/mol. The number of benzene rings is 1. The predicted octanol–water partition coefficient (Wildman–Crippen LogP) is 2.75. The molecule has 0 spiro atoms. The van der Waals surface area contributed by atoms with E-state index in [2.05, 4.69) is 54.0 Å². The van der Waals surface area contributed by atoms with Gasteiger partial charge in [0.05, 0.1) is 6.54 Å². The number of nitrogens with two attached hydrogens (primary N) is 1. The molecule has 1 aromatic rings.